The van der Waals surface area contributed by atoms with Crippen molar-refractivity contribution in [3.8, 4) is 0 Å². The van der Waals surface area contributed by atoms with E-state index in [1.54, 1.807) is 0 Å². The molecular formula is C16H27N3O3. The van der Waals surface area contributed by atoms with E-state index >= 15 is 0 Å². The molecule has 1 amide bonds. The van der Waals surface area contributed by atoms with Crippen LogP contribution in [-0.4, -0.2) is 83.5 Å². The molecule has 0 unspecified atom stereocenters. The lowest BCUT2D eigenvalue weighted by Gasteiger charge is -2.51. The number of carboxylic acids is 1. The number of nitrogens with zero attached hydrogens (tertiary/aromatic N) is 3. The lowest BCUT2D eigenvalue weighted by atomic mass is 9.83. The number of rotatable bonds is 5. The Balaban J connectivity index is 1.42. The average Bonchev–Trinajstić information content (AvgIpc) is 2.55. The summed E-state index contributed by atoms with van der Waals surface area (Å²) in [7, 11) is 0. The van der Waals surface area contributed by atoms with E-state index < -0.39 is 5.97 Å². The van der Waals surface area contributed by atoms with Crippen molar-refractivity contribution in [3.63, 3.8) is 0 Å². The number of amides is 1. The first kappa shape index (κ1) is 15.7. The molecule has 0 aromatic carbocycles. The summed E-state index contributed by atoms with van der Waals surface area (Å²) in [5.74, 6) is 0.151. The molecule has 0 saturated carbocycles. The number of piperazine rings is 1. The second-order valence-electron chi connectivity index (χ2n) is 6.87. The second-order valence-corrected chi connectivity index (χ2v) is 6.87. The van der Waals surface area contributed by atoms with Crippen LogP contribution in [0.15, 0.2) is 0 Å². The number of aliphatic carboxylic acids is 1. The fourth-order valence-corrected chi connectivity index (χ4v) is 4.20. The third-order valence-electron chi connectivity index (χ3n) is 5.54. The van der Waals surface area contributed by atoms with E-state index in [0.717, 1.165) is 32.1 Å². The third-order valence-corrected chi connectivity index (χ3v) is 5.54. The van der Waals surface area contributed by atoms with Gasteiger partial charge in [0.05, 0.1) is 0 Å². The smallest absolute Gasteiger partial charge is 0.303 e. The van der Waals surface area contributed by atoms with Crippen molar-refractivity contribution in [2.24, 2.45) is 5.92 Å². The van der Waals surface area contributed by atoms with E-state index in [1.807, 2.05) is 4.90 Å². The quantitative estimate of drug-likeness (QED) is 0.800. The largest absolute Gasteiger partial charge is 0.481 e. The summed E-state index contributed by atoms with van der Waals surface area (Å²) in [6.45, 7) is 7.28. The van der Waals surface area contributed by atoms with Crippen molar-refractivity contribution in [3.05, 3.63) is 0 Å². The van der Waals surface area contributed by atoms with Crippen molar-refractivity contribution >= 4 is 11.9 Å². The molecule has 124 valence electrons. The second kappa shape index (κ2) is 6.96. The highest BCUT2D eigenvalue weighted by Gasteiger charge is 2.38. The first-order valence-corrected chi connectivity index (χ1v) is 8.59. The number of carbonyl (C=O) groups is 2. The van der Waals surface area contributed by atoms with Gasteiger partial charge in [0.15, 0.2) is 0 Å². The van der Waals surface area contributed by atoms with E-state index in [9.17, 15) is 9.59 Å². The summed E-state index contributed by atoms with van der Waals surface area (Å²) in [4.78, 5) is 29.7. The van der Waals surface area contributed by atoms with Gasteiger partial charge in [0.2, 0.25) is 5.91 Å². The Bertz CT molecular complexity index is 413. The van der Waals surface area contributed by atoms with Gasteiger partial charge >= 0.3 is 5.97 Å². The van der Waals surface area contributed by atoms with E-state index in [0.29, 0.717) is 18.9 Å². The van der Waals surface area contributed by atoms with Gasteiger partial charge in [-0.1, -0.05) is 0 Å². The third kappa shape index (κ3) is 3.60. The van der Waals surface area contributed by atoms with Crippen LogP contribution in [0.2, 0.25) is 0 Å². The number of hydrogen-bond donors (Lipinski definition) is 1. The van der Waals surface area contributed by atoms with Gasteiger partial charge in [0.1, 0.15) is 0 Å². The van der Waals surface area contributed by atoms with Gasteiger partial charge < -0.3 is 14.9 Å². The van der Waals surface area contributed by atoms with Gasteiger partial charge in [-0.2, -0.15) is 0 Å². The first-order valence-electron chi connectivity index (χ1n) is 8.59. The molecule has 4 fully saturated rings. The molecule has 0 aromatic rings. The Morgan fingerprint density at radius 2 is 1.64 bits per heavy atom. The molecule has 1 N–H and O–H groups in total. The van der Waals surface area contributed by atoms with Gasteiger partial charge in [-0.25, -0.2) is 0 Å². The summed E-state index contributed by atoms with van der Waals surface area (Å²) in [5, 5.41) is 8.63. The molecule has 4 saturated heterocycles. The molecule has 0 spiro atoms. The SMILES string of the molecule is O=C(O)CCCC(=O)N1CCN([C@@H]2CN3CCC2CC3)CC1. The van der Waals surface area contributed by atoms with Gasteiger partial charge in [-0.15, -0.1) is 0 Å². The van der Waals surface area contributed by atoms with Crippen molar-refractivity contribution in [1.29, 1.82) is 0 Å². The molecule has 6 heteroatoms. The fourth-order valence-electron chi connectivity index (χ4n) is 4.20. The zero-order chi connectivity index (χ0) is 15.5. The summed E-state index contributed by atoms with van der Waals surface area (Å²) in [5.41, 5.74) is 0. The first-order chi connectivity index (χ1) is 10.6. The number of fused-ring (bicyclic) bond motifs is 3. The molecule has 4 rings (SSSR count). The number of hydrogen-bond acceptors (Lipinski definition) is 4. The highest BCUT2D eigenvalue weighted by Crippen LogP contribution is 2.31. The molecule has 0 radical (unpaired) electrons. The summed E-state index contributed by atoms with van der Waals surface area (Å²) in [6, 6.07) is 0.687. The minimum absolute atomic E-state index is 0.0886. The van der Waals surface area contributed by atoms with E-state index in [2.05, 4.69) is 9.80 Å². The lowest BCUT2D eigenvalue weighted by Crippen LogP contribution is -2.61. The van der Waals surface area contributed by atoms with Crippen LogP contribution in [0.25, 0.3) is 0 Å². The molecule has 2 bridgehead atoms. The minimum Gasteiger partial charge on any atom is -0.481 e. The van der Waals surface area contributed by atoms with Gasteiger partial charge in [0, 0.05) is 51.6 Å². The maximum Gasteiger partial charge on any atom is 0.303 e. The molecule has 4 aliphatic rings. The van der Waals surface area contributed by atoms with Gasteiger partial charge in [-0.3, -0.25) is 14.5 Å². The lowest BCUT2D eigenvalue weighted by molar-refractivity contribution is -0.137. The van der Waals surface area contributed by atoms with Crippen molar-refractivity contribution in [2.45, 2.75) is 38.1 Å². The van der Waals surface area contributed by atoms with E-state index in [4.69, 9.17) is 5.11 Å². The molecular weight excluding hydrogens is 282 g/mol. The van der Waals surface area contributed by atoms with Crippen molar-refractivity contribution in [1.82, 2.24) is 14.7 Å². The Morgan fingerprint density at radius 1 is 0.955 bits per heavy atom. The Morgan fingerprint density at radius 3 is 2.18 bits per heavy atom. The number of carbonyl (C=O) groups excluding carboxylic acids is 1. The van der Waals surface area contributed by atoms with Gasteiger partial charge in [0.25, 0.3) is 0 Å². The summed E-state index contributed by atoms with van der Waals surface area (Å²) < 4.78 is 0. The molecule has 1 atom stereocenters. The van der Waals surface area contributed by atoms with Crippen LogP contribution in [0.1, 0.15) is 32.1 Å². The van der Waals surface area contributed by atoms with Crippen LogP contribution in [0.5, 0.6) is 0 Å². The monoisotopic (exact) mass is 309 g/mol. The zero-order valence-corrected chi connectivity index (χ0v) is 13.2. The Kier molecular flexibility index (Phi) is 4.98. The van der Waals surface area contributed by atoms with Crippen molar-refractivity contribution in [2.75, 3.05) is 45.8 Å². The Hall–Kier alpha value is -1.14. The van der Waals surface area contributed by atoms with Crippen LogP contribution >= 0.6 is 0 Å². The number of piperidine rings is 3. The standard InChI is InChI=1S/C16H27N3O3/c20-15(2-1-3-16(21)22)19-10-8-18(9-11-19)14-12-17-6-4-13(14)5-7-17/h13-14H,1-12H2,(H,21,22)/t14-/m1/s1. The van der Waals surface area contributed by atoms with Crippen LogP contribution in [0, 0.1) is 5.92 Å². The maximum absolute atomic E-state index is 12.1. The maximum atomic E-state index is 12.1. The Labute approximate surface area is 132 Å². The predicted molar refractivity (Wildman–Crippen MR) is 82.6 cm³/mol. The van der Waals surface area contributed by atoms with Crippen LogP contribution in [0.4, 0.5) is 0 Å². The van der Waals surface area contributed by atoms with Crippen molar-refractivity contribution < 1.29 is 14.7 Å². The number of carboxylic acid groups (broad SMARTS) is 1. The summed E-state index contributed by atoms with van der Waals surface area (Å²) >= 11 is 0. The van der Waals surface area contributed by atoms with Crippen LogP contribution in [-0.2, 0) is 9.59 Å². The highest BCUT2D eigenvalue weighted by molar-refractivity contribution is 5.77. The van der Waals surface area contributed by atoms with Crippen LogP contribution < -0.4 is 0 Å². The van der Waals surface area contributed by atoms with Crippen LogP contribution in [0.3, 0.4) is 0 Å². The van der Waals surface area contributed by atoms with Gasteiger partial charge in [-0.05, 0) is 38.3 Å². The predicted octanol–water partition coefficient (Wildman–Crippen LogP) is 0.480. The minimum atomic E-state index is -0.819. The molecule has 0 aliphatic carbocycles. The zero-order valence-electron chi connectivity index (χ0n) is 13.2. The van der Waals surface area contributed by atoms with E-state index in [1.165, 1.54) is 32.5 Å². The normalized spacial score (nSPS) is 32.2. The fraction of sp³-hybridized carbons (Fsp3) is 0.875. The molecule has 4 heterocycles. The molecule has 4 aliphatic heterocycles. The van der Waals surface area contributed by atoms with E-state index in [-0.39, 0.29) is 12.3 Å². The average molecular weight is 309 g/mol. The molecule has 6 nitrogen and oxygen atoms in total. The summed E-state index contributed by atoms with van der Waals surface area (Å²) in [6.07, 6.45) is 3.57. The molecule has 0 aromatic heterocycles. The topological polar surface area (TPSA) is 64.1 Å². The highest BCUT2D eigenvalue weighted by atomic mass is 16.4. The molecule has 22 heavy (non-hydrogen) atoms.